The van der Waals surface area contributed by atoms with Gasteiger partial charge in [0.05, 0.1) is 11.5 Å². The molecule has 0 N–H and O–H groups in total. The molecule has 0 saturated carbocycles. The number of aryl methyl sites for hydroxylation is 1. The van der Waals surface area contributed by atoms with E-state index in [1.165, 1.54) is 11.6 Å². The molecule has 3 heteroatoms. The van der Waals surface area contributed by atoms with Gasteiger partial charge >= 0.3 is 0 Å². The molecule has 1 nitrogen and oxygen atoms in total. The highest BCUT2D eigenvalue weighted by Crippen LogP contribution is 2.41. The van der Waals surface area contributed by atoms with E-state index in [9.17, 15) is 9.65 Å². The zero-order valence-electron chi connectivity index (χ0n) is 11.6. The van der Waals surface area contributed by atoms with Gasteiger partial charge in [-0.1, -0.05) is 41.9 Å². The van der Waals surface area contributed by atoms with Gasteiger partial charge in [0.2, 0.25) is 0 Å². The van der Waals surface area contributed by atoms with Crippen LogP contribution < -0.4 is 0 Å². The van der Waals surface area contributed by atoms with Crippen LogP contribution in [0.2, 0.25) is 5.02 Å². The van der Waals surface area contributed by atoms with Gasteiger partial charge in [-0.2, -0.15) is 5.26 Å². The van der Waals surface area contributed by atoms with Crippen molar-refractivity contribution in [3.63, 3.8) is 0 Å². The van der Waals surface area contributed by atoms with E-state index in [-0.39, 0.29) is 5.82 Å². The largest absolute Gasteiger partial charge is 0.207 e. The van der Waals surface area contributed by atoms with Crippen molar-refractivity contribution in [3.8, 4) is 6.07 Å². The summed E-state index contributed by atoms with van der Waals surface area (Å²) in [4.78, 5) is 0. The number of hydrogen-bond donors (Lipinski definition) is 0. The predicted molar refractivity (Wildman–Crippen MR) is 81.8 cm³/mol. The second kappa shape index (κ2) is 5.50. The summed E-state index contributed by atoms with van der Waals surface area (Å²) in [6, 6.07) is 15.1. The third-order valence-electron chi connectivity index (χ3n) is 4.34. The van der Waals surface area contributed by atoms with Gasteiger partial charge in [0.25, 0.3) is 0 Å². The van der Waals surface area contributed by atoms with Crippen LogP contribution in [0.5, 0.6) is 0 Å². The molecule has 0 spiro atoms. The summed E-state index contributed by atoms with van der Waals surface area (Å²) in [6.45, 7) is 0. The van der Waals surface area contributed by atoms with E-state index in [4.69, 9.17) is 11.6 Å². The molecule has 0 fully saturated rings. The lowest BCUT2D eigenvalue weighted by molar-refractivity contribution is 0.441. The highest BCUT2D eigenvalue weighted by Gasteiger charge is 2.37. The third-order valence-corrected chi connectivity index (χ3v) is 4.69. The summed E-state index contributed by atoms with van der Waals surface area (Å²) in [5.41, 5.74) is 1.98. The molecule has 1 atom stereocenters. The second-order valence-corrected chi connectivity index (χ2v) is 5.99. The topological polar surface area (TPSA) is 23.8 Å². The normalized spacial score (nSPS) is 20.6. The Hall–Kier alpha value is -1.85. The Kier molecular flexibility index (Phi) is 3.69. The molecule has 3 rings (SSSR count). The minimum Gasteiger partial charge on any atom is -0.207 e. The monoisotopic (exact) mass is 299 g/mol. The van der Waals surface area contributed by atoms with E-state index < -0.39 is 5.41 Å². The van der Waals surface area contributed by atoms with Crippen LogP contribution in [0, 0.1) is 17.1 Å². The van der Waals surface area contributed by atoms with Crippen molar-refractivity contribution in [2.24, 2.45) is 0 Å². The van der Waals surface area contributed by atoms with Crippen LogP contribution in [0.25, 0.3) is 0 Å². The van der Waals surface area contributed by atoms with Crippen molar-refractivity contribution in [2.45, 2.75) is 31.1 Å². The molecule has 0 amide bonds. The molecule has 0 radical (unpaired) electrons. The Balaban J connectivity index is 2.10. The van der Waals surface area contributed by atoms with Crippen molar-refractivity contribution < 1.29 is 4.39 Å². The fourth-order valence-corrected chi connectivity index (χ4v) is 3.49. The Labute approximate surface area is 129 Å². The molecule has 0 bridgehead atoms. The van der Waals surface area contributed by atoms with Gasteiger partial charge < -0.3 is 0 Å². The molecule has 0 heterocycles. The first-order chi connectivity index (χ1) is 10.2. The Morgan fingerprint density at radius 2 is 2.00 bits per heavy atom. The van der Waals surface area contributed by atoms with E-state index in [0.717, 1.165) is 24.8 Å². The lowest BCUT2D eigenvalue weighted by atomic mass is 9.68. The molecular formula is C18H15ClFN. The Bertz CT molecular complexity index is 699. The van der Waals surface area contributed by atoms with Crippen molar-refractivity contribution in [1.29, 1.82) is 5.26 Å². The predicted octanol–water partition coefficient (Wildman–Crippen LogP) is 4.82. The molecular weight excluding hydrogens is 285 g/mol. The molecule has 2 aromatic carbocycles. The number of halogens is 2. The summed E-state index contributed by atoms with van der Waals surface area (Å²) in [5, 5.41) is 10.2. The number of fused-ring (bicyclic) bond motifs is 1. The van der Waals surface area contributed by atoms with E-state index in [2.05, 4.69) is 12.1 Å². The summed E-state index contributed by atoms with van der Waals surface area (Å²) in [7, 11) is 0. The van der Waals surface area contributed by atoms with E-state index in [1.54, 1.807) is 12.1 Å². The molecule has 0 aliphatic heterocycles. The van der Waals surface area contributed by atoms with Gasteiger partial charge in [-0.05, 0) is 48.9 Å². The van der Waals surface area contributed by atoms with Gasteiger partial charge in [-0.15, -0.1) is 0 Å². The average Bonchev–Trinajstić information content (AvgIpc) is 2.51. The highest BCUT2D eigenvalue weighted by molar-refractivity contribution is 6.31. The molecule has 1 unspecified atom stereocenters. The van der Waals surface area contributed by atoms with E-state index in [0.29, 0.717) is 17.0 Å². The van der Waals surface area contributed by atoms with Crippen LogP contribution in [0.4, 0.5) is 4.39 Å². The zero-order valence-corrected chi connectivity index (χ0v) is 12.3. The maximum atomic E-state index is 14.1. The first-order valence-corrected chi connectivity index (χ1v) is 7.47. The van der Waals surface area contributed by atoms with Gasteiger partial charge in [0.1, 0.15) is 5.82 Å². The van der Waals surface area contributed by atoms with E-state index in [1.807, 2.05) is 18.2 Å². The van der Waals surface area contributed by atoms with Crippen LogP contribution in [0.3, 0.4) is 0 Å². The minimum absolute atomic E-state index is 0.325. The SMILES string of the molecule is N#CC1(Cc2c(F)cccc2Cl)CCCc2ccccc21. The number of nitriles is 1. The first kappa shape index (κ1) is 14.1. The molecule has 0 aromatic heterocycles. The number of rotatable bonds is 2. The first-order valence-electron chi connectivity index (χ1n) is 7.09. The lowest BCUT2D eigenvalue weighted by Crippen LogP contribution is -2.32. The molecule has 1 aliphatic carbocycles. The van der Waals surface area contributed by atoms with Crippen molar-refractivity contribution >= 4 is 11.6 Å². The molecule has 21 heavy (non-hydrogen) atoms. The Morgan fingerprint density at radius 1 is 1.19 bits per heavy atom. The van der Waals surface area contributed by atoms with Crippen LogP contribution in [-0.4, -0.2) is 0 Å². The third kappa shape index (κ3) is 2.43. The van der Waals surface area contributed by atoms with Gasteiger partial charge in [-0.25, -0.2) is 4.39 Å². The fraction of sp³-hybridized carbons (Fsp3) is 0.278. The van der Waals surface area contributed by atoms with Crippen LogP contribution in [0.1, 0.15) is 29.5 Å². The van der Waals surface area contributed by atoms with Crippen LogP contribution >= 0.6 is 11.6 Å². The van der Waals surface area contributed by atoms with Crippen molar-refractivity contribution in [3.05, 3.63) is 70.0 Å². The van der Waals surface area contributed by atoms with Crippen molar-refractivity contribution in [2.75, 3.05) is 0 Å². The van der Waals surface area contributed by atoms with Crippen molar-refractivity contribution in [1.82, 2.24) is 0 Å². The van der Waals surface area contributed by atoms with Gasteiger partial charge in [0, 0.05) is 10.6 Å². The average molecular weight is 300 g/mol. The van der Waals surface area contributed by atoms with Gasteiger partial charge in [0.15, 0.2) is 0 Å². The number of benzene rings is 2. The second-order valence-electron chi connectivity index (χ2n) is 5.58. The lowest BCUT2D eigenvalue weighted by Gasteiger charge is -2.33. The fourth-order valence-electron chi connectivity index (χ4n) is 3.26. The van der Waals surface area contributed by atoms with E-state index >= 15 is 0 Å². The standard InChI is InChI=1S/C18H15ClFN/c19-16-8-3-9-17(20)14(16)11-18(12-21)10-4-6-13-5-1-2-7-15(13)18/h1-3,5,7-9H,4,6,10-11H2. The van der Waals surface area contributed by atoms with Gasteiger partial charge in [-0.3, -0.25) is 0 Å². The maximum absolute atomic E-state index is 14.1. The van der Waals surface area contributed by atoms with Crippen LogP contribution in [-0.2, 0) is 18.3 Å². The minimum atomic E-state index is -0.680. The highest BCUT2D eigenvalue weighted by atomic mass is 35.5. The quantitative estimate of drug-likeness (QED) is 0.780. The number of hydrogen-bond acceptors (Lipinski definition) is 1. The van der Waals surface area contributed by atoms with Crippen LogP contribution in [0.15, 0.2) is 42.5 Å². The summed E-state index contributed by atoms with van der Waals surface area (Å²) in [6.07, 6.45) is 2.98. The zero-order chi connectivity index (χ0) is 14.9. The molecule has 1 aliphatic rings. The molecule has 2 aromatic rings. The maximum Gasteiger partial charge on any atom is 0.127 e. The molecule has 0 saturated heterocycles. The summed E-state index contributed by atoms with van der Waals surface area (Å²) < 4.78 is 14.1. The Morgan fingerprint density at radius 3 is 2.76 bits per heavy atom. The molecule has 106 valence electrons. The summed E-state index contributed by atoms with van der Waals surface area (Å²) >= 11 is 6.15. The smallest absolute Gasteiger partial charge is 0.127 e. The summed E-state index contributed by atoms with van der Waals surface area (Å²) in [5.74, 6) is -0.333. The number of nitrogens with zero attached hydrogens (tertiary/aromatic N) is 1.